The van der Waals surface area contributed by atoms with E-state index >= 15 is 0 Å². The molecule has 10 heavy (non-hydrogen) atoms. The molecule has 1 unspecified atom stereocenters. The number of rotatable bonds is 2. The Morgan fingerprint density at radius 3 is 2.90 bits per heavy atom. The highest BCUT2D eigenvalue weighted by molar-refractivity contribution is 6.02. The number of hydrogen-bond acceptors (Lipinski definition) is 2. The summed E-state index contributed by atoms with van der Waals surface area (Å²) in [7, 11) is 0. The van der Waals surface area contributed by atoms with Gasteiger partial charge in [0.2, 0.25) is 5.91 Å². The molecule has 3 nitrogen and oxygen atoms in total. The highest BCUT2D eigenvalue weighted by atomic mass is 16.2. The van der Waals surface area contributed by atoms with Crippen LogP contribution in [-0.2, 0) is 9.59 Å². The zero-order valence-electron chi connectivity index (χ0n) is 6.02. The van der Waals surface area contributed by atoms with Crippen molar-refractivity contribution in [3.8, 4) is 0 Å². The Morgan fingerprint density at radius 1 is 1.80 bits per heavy atom. The van der Waals surface area contributed by atoms with E-state index in [-0.39, 0.29) is 17.6 Å². The minimum absolute atomic E-state index is 0.0648. The summed E-state index contributed by atoms with van der Waals surface area (Å²) in [6.45, 7) is 2.45. The SMILES string of the molecule is CCC(=O)C1CCNC1=O. The average molecular weight is 141 g/mol. The van der Waals surface area contributed by atoms with E-state index in [0.717, 1.165) is 0 Å². The van der Waals surface area contributed by atoms with Crippen molar-refractivity contribution in [3.63, 3.8) is 0 Å². The molecule has 1 saturated heterocycles. The number of hydrogen-bond donors (Lipinski definition) is 1. The van der Waals surface area contributed by atoms with Gasteiger partial charge in [-0.05, 0) is 6.42 Å². The number of carbonyl (C=O) groups is 2. The molecule has 1 atom stereocenters. The van der Waals surface area contributed by atoms with Crippen molar-refractivity contribution in [2.24, 2.45) is 5.92 Å². The van der Waals surface area contributed by atoms with Crippen LogP contribution in [0.3, 0.4) is 0 Å². The summed E-state index contributed by atoms with van der Waals surface area (Å²) in [5.74, 6) is -0.369. The van der Waals surface area contributed by atoms with Gasteiger partial charge in [-0.1, -0.05) is 6.92 Å². The van der Waals surface area contributed by atoms with Crippen LogP contribution < -0.4 is 5.32 Å². The first-order chi connectivity index (χ1) is 4.75. The second-order valence-electron chi connectivity index (χ2n) is 2.45. The largest absolute Gasteiger partial charge is 0.355 e. The van der Waals surface area contributed by atoms with Crippen LogP contribution in [0.15, 0.2) is 0 Å². The van der Waals surface area contributed by atoms with Crippen molar-refractivity contribution in [2.45, 2.75) is 19.8 Å². The molecule has 3 heteroatoms. The molecule has 0 radical (unpaired) electrons. The molecular weight excluding hydrogens is 130 g/mol. The first-order valence-corrected chi connectivity index (χ1v) is 3.56. The van der Waals surface area contributed by atoms with E-state index in [9.17, 15) is 9.59 Å². The van der Waals surface area contributed by atoms with Crippen molar-refractivity contribution in [1.82, 2.24) is 5.32 Å². The van der Waals surface area contributed by atoms with Crippen LogP contribution in [0.4, 0.5) is 0 Å². The number of ketones is 1. The Morgan fingerprint density at radius 2 is 2.50 bits per heavy atom. The quantitative estimate of drug-likeness (QED) is 0.554. The molecule has 0 aliphatic carbocycles. The zero-order valence-corrected chi connectivity index (χ0v) is 6.02. The molecule has 0 spiro atoms. The third-order valence-electron chi connectivity index (χ3n) is 1.79. The summed E-state index contributed by atoms with van der Waals surface area (Å²) in [5.41, 5.74) is 0. The highest BCUT2D eigenvalue weighted by Crippen LogP contribution is 2.11. The Kier molecular flexibility index (Phi) is 2.04. The molecule has 1 rings (SSSR count). The first kappa shape index (κ1) is 7.25. The summed E-state index contributed by atoms with van der Waals surface area (Å²) >= 11 is 0. The maximum absolute atomic E-state index is 11.0. The van der Waals surface area contributed by atoms with E-state index in [1.165, 1.54) is 0 Å². The molecule has 0 aromatic carbocycles. The van der Waals surface area contributed by atoms with Crippen LogP contribution in [0.25, 0.3) is 0 Å². The Balaban J connectivity index is 2.55. The van der Waals surface area contributed by atoms with Gasteiger partial charge >= 0.3 is 0 Å². The summed E-state index contributed by atoms with van der Waals surface area (Å²) in [6, 6.07) is 0. The smallest absolute Gasteiger partial charge is 0.230 e. The van der Waals surface area contributed by atoms with Gasteiger partial charge in [0.1, 0.15) is 5.78 Å². The van der Waals surface area contributed by atoms with Gasteiger partial charge in [0.15, 0.2) is 0 Å². The minimum Gasteiger partial charge on any atom is -0.355 e. The van der Waals surface area contributed by atoms with E-state index in [2.05, 4.69) is 5.32 Å². The highest BCUT2D eigenvalue weighted by Gasteiger charge is 2.29. The molecule has 1 N–H and O–H groups in total. The van der Waals surface area contributed by atoms with Gasteiger partial charge in [-0.2, -0.15) is 0 Å². The maximum Gasteiger partial charge on any atom is 0.230 e. The third kappa shape index (κ3) is 1.17. The summed E-state index contributed by atoms with van der Waals surface area (Å²) in [5, 5.41) is 2.63. The molecule has 0 saturated carbocycles. The number of amides is 1. The van der Waals surface area contributed by atoms with Crippen LogP contribution in [0, 0.1) is 5.92 Å². The fourth-order valence-corrected chi connectivity index (χ4v) is 1.15. The van der Waals surface area contributed by atoms with Gasteiger partial charge in [-0.3, -0.25) is 9.59 Å². The van der Waals surface area contributed by atoms with Crippen LogP contribution in [0.5, 0.6) is 0 Å². The molecule has 1 amide bonds. The molecule has 1 aliphatic heterocycles. The molecule has 0 aromatic heterocycles. The Bertz CT molecular complexity index is 165. The second-order valence-corrected chi connectivity index (χ2v) is 2.45. The number of nitrogens with one attached hydrogen (secondary N) is 1. The second kappa shape index (κ2) is 2.82. The molecule has 1 fully saturated rings. The van der Waals surface area contributed by atoms with Crippen molar-refractivity contribution in [2.75, 3.05) is 6.54 Å². The van der Waals surface area contributed by atoms with E-state index in [1.54, 1.807) is 6.92 Å². The Hall–Kier alpha value is -0.860. The lowest BCUT2D eigenvalue weighted by Crippen LogP contribution is -2.24. The lowest BCUT2D eigenvalue weighted by molar-refractivity contribution is -0.131. The van der Waals surface area contributed by atoms with Gasteiger partial charge in [-0.15, -0.1) is 0 Å². The van der Waals surface area contributed by atoms with E-state index in [4.69, 9.17) is 0 Å². The molecular formula is C7H11NO2. The summed E-state index contributed by atoms with van der Waals surface area (Å²) in [4.78, 5) is 21.8. The minimum atomic E-state index is -0.343. The van der Waals surface area contributed by atoms with Crippen molar-refractivity contribution in [1.29, 1.82) is 0 Å². The standard InChI is InChI=1S/C7H11NO2/c1-2-6(9)5-3-4-8-7(5)10/h5H,2-4H2,1H3,(H,8,10). The van der Waals surface area contributed by atoms with Crippen LogP contribution >= 0.6 is 0 Å². The molecule has 1 aliphatic rings. The maximum atomic E-state index is 11.0. The first-order valence-electron chi connectivity index (χ1n) is 3.56. The lowest BCUT2D eigenvalue weighted by Gasteiger charge is -2.00. The fraction of sp³-hybridized carbons (Fsp3) is 0.714. The predicted molar refractivity (Wildman–Crippen MR) is 36.4 cm³/mol. The van der Waals surface area contributed by atoms with Crippen molar-refractivity contribution < 1.29 is 9.59 Å². The van der Waals surface area contributed by atoms with E-state index in [1.807, 2.05) is 0 Å². The lowest BCUT2D eigenvalue weighted by atomic mass is 10.0. The molecule has 56 valence electrons. The summed E-state index contributed by atoms with van der Waals surface area (Å²) < 4.78 is 0. The van der Waals surface area contributed by atoms with Gasteiger partial charge in [0.25, 0.3) is 0 Å². The van der Waals surface area contributed by atoms with Crippen LogP contribution in [0.1, 0.15) is 19.8 Å². The van der Waals surface area contributed by atoms with Gasteiger partial charge in [0, 0.05) is 13.0 Å². The molecule has 0 aromatic rings. The van der Waals surface area contributed by atoms with Crippen LogP contribution in [0.2, 0.25) is 0 Å². The fourth-order valence-electron chi connectivity index (χ4n) is 1.15. The van der Waals surface area contributed by atoms with Crippen LogP contribution in [-0.4, -0.2) is 18.2 Å². The third-order valence-corrected chi connectivity index (χ3v) is 1.79. The Labute approximate surface area is 59.8 Å². The van der Waals surface area contributed by atoms with Crippen molar-refractivity contribution >= 4 is 11.7 Å². The predicted octanol–water partition coefficient (Wildman–Crippen LogP) is 0.102. The molecule has 1 heterocycles. The topological polar surface area (TPSA) is 46.2 Å². The van der Waals surface area contributed by atoms with Gasteiger partial charge in [0.05, 0.1) is 5.92 Å². The van der Waals surface area contributed by atoms with E-state index in [0.29, 0.717) is 19.4 Å². The summed E-state index contributed by atoms with van der Waals surface area (Å²) in [6.07, 6.45) is 1.16. The number of Topliss-reactive ketones (excluding diaryl/α,β-unsaturated/α-hetero) is 1. The van der Waals surface area contributed by atoms with Gasteiger partial charge < -0.3 is 5.32 Å². The molecule has 0 bridgehead atoms. The average Bonchev–Trinajstić information content (AvgIpc) is 2.34. The monoisotopic (exact) mass is 141 g/mol. The van der Waals surface area contributed by atoms with Crippen molar-refractivity contribution in [3.05, 3.63) is 0 Å². The zero-order chi connectivity index (χ0) is 7.56. The normalized spacial score (nSPS) is 24.5. The van der Waals surface area contributed by atoms with Gasteiger partial charge in [-0.25, -0.2) is 0 Å². The van der Waals surface area contributed by atoms with E-state index < -0.39 is 0 Å². The number of carbonyl (C=O) groups excluding carboxylic acids is 2.